The van der Waals surface area contributed by atoms with E-state index in [9.17, 15) is 0 Å². The van der Waals surface area contributed by atoms with Gasteiger partial charge in [0, 0.05) is 30.9 Å². The molecule has 0 N–H and O–H groups in total. The fourth-order valence-corrected chi connectivity index (χ4v) is 5.17. The largest absolute Gasteiger partial charge is 0.341 e. The molecule has 24 heavy (non-hydrogen) atoms. The van der Waals surface area contributed by atoms with Gasteiger partial charge < -0.3 is 9.80 Å². The van der Waals surface area contributed by atoms with E-state index in [1.165, 1.54) is 70.1 Å². The van der Waals surface area contributed by atoms with Crippen LogP contribution in [-0.4, -0.2) is 58.1 Å². The van der Waals surface area contributed by atoms with E-state index in [1.807, 2.05) is 11.8 Å². The van der Waals surface area contributed by atoms with Crippen molar-refractivity contribution in [1.29, 1.82) is 0 Å². The number of piperidine rings is 2. The van der Waals surface area contributed by atoms with Crippen LogP contribution in [0, 0.1) is 0 Å². The molecule has 2 aliphatic heterocycles. The number of thioether (sulfide) groups is 1. The topological polar surface area (TPSA) is 37.2 Å². The van der Waals surface area contributed by atoms with E-state index >= 15 is 0 Å². The lowest BCUT2D eigenvalue weighted by Crippen LogP contribution is -2.36. The first-order chi connectivity index (χ1) is 11.8. The van der Waals surface area contributed by atoms with Crippen molar-refractivity contribution in [1.82, 2.24) is 19.7 Å². The van der Waals surface area contributed by atoms with E-state index in [0.717, 1.165) is 30.2 Å². The van der Waals surface area contributed by atoms with E-state index in [-0.39, 0.29) is 0 Å². The average Bonchev–Trinajstić information content (AvgIpc) is 3.37. The molecule has 1 aromatic rings. The van der Waals surface area contributed by atoms with Gasteiger partial charge in [-0.3, -0.25) is 4.57 Å². The normalized spacial score (nSPS) is 26.0. The maximum atomic E-state index is 4.59. The van der Waals surface area contributed by atoms with Crippen molar-refractivity contribution in [2.75, 3.05) is 37.3 Å². The summed E-state index contributed by atoms with van der Waals surface area (Å²) in [7, 11) is 2.29. The number of hydrogen-bond acceptors (Lipinski definition) is 5. The Kier molecular flexibility index (Phi) is 5.32. The van der Waals surface area contributed by atoms with Gasteiger partial charge in [0.1, 0.15) is 0 Å². The highest BCUT2D eigenvalue weighted by molar-refractivity contribution is 7.99. The molecule has 0 radical (unpaired) electrons. The van der Waals surface area contributed by atoms with E-state index in [4.69, 9.17) is 0 Å². The van der Waals surface area contributed by atoms with Crippen LogP contribution in [0.3, 0.4) is 0 Å². The quantitative estimate of drug-likeness (QED) is 0.734. The molecule has 6 heteroatoms. The van der Waals surface area contributed by atoms with Crippen LogP contribution in [0.25, 0.3) is 0 Å². The fourth-order valence-electron chi connectivity index (χ4n) is 4.12. The van der Waals surface area contributed by atoms with Gasteiger partial charge in [-0.1, -0.05) is 18.2 Å². The first-order valence-electron chi connectivity index (χ1n) is 9.86. The highest BCUT2D eigenvalue weighted by atomic mass is 32.2. The van der Waals surface area contributed by atoms with Crippen LogP contribution in [0.4, 0.5) is 5.95 Å². The summed E-state index contributed by atoms with van der Waals surface area (Å²) in [6, 6.07) is 1.43. The lowest BCUT2D eigenvalue weighted by Gasteiger charge is -2.32. The lowest BCUT2D eigenvalue weighted by atomic mass is 10.0. The van der Waals surface area contributed by atoms with Crippen molar-refractivity contribution in [3.05, 3.63) is 0 Å². The van der Waals surface area contributed by atoms with Crippen LogP contribution in [0.1, 0.15) is 63.8 Å². The summed E-state index contributed by atoms with van der Waals surface area (Å²) in [5, 5.41) is 10.3. The molecule has 2 saturated heterocycles. The van der Waals surface area contributed by atoms with Gasteiger partial charge in [0.15, 0.2) is 5.16 Å². The molecule has 3 heterocycles. The van der Waals surface area contributed by atoms with Gasteiger partial charge in [-0.2, -0.15) is 0 Å². The highest BCUT2D eigenvalue weighted by Crippen LogP contribution is 2.41. The molecule has 0 bridgehead atoms. The number of anilines is 1. The number of likely N-dealkylation sites (tertiary alicyclic amines) is 1. The van der Waals surface area contributed by atoms with Gasteiger partial charge >= 0.3 is 0 Å². The molecule has 1 aliphatic carbocycles. The van der Waals surface area contributed by atoms with Crippen molar-refractivity contribution in [2.24, 2.45) is 0 Å². The molecule has 1 unspecified atom stereocenters. The van der Waals surface area contributed by atoms with Crippen LogP contribution >= 0.6 is 11.8 Å². The second-order valence-corrected chi connectivity index (χ2v) is 8.76. The zero-order chi connectivity index (χ0) is 16.4. The first-order valence-corrected chi connectivity index (χ1v) is 10.8. The lowest BCUT2D eigenvalue weighted by molar-refractivity contribution is 0.182. The number of aromatic nitrogens is 3. The Bertz CT molecular complexity index is 536. The number of nitrogens with zero attached hydrogens (tertiary/aromatic N) is 5. The molecule has 0 amide bonds. The molecule has 4 rings (SSSR count). The molecular weight excluding hydrogens is 318 g/mol. The molecule has 134 valence electrons. The van der Waals surface area contributed by atoms with Gasteiger partial charge in [-0.15, -0.1) is 10.2 Å². The summed E-state index contributed by atoms with van der Waals surface area (Å²) in [6.07, 6.45) is 12.0. The molecule has 3 aliphatic rings. The minimum absolute atomic E-state index is 0.664. The maximum absolute atomic E-state index is 4.59. The summed E-state index contributed by atoms with van der Waals surface area (Å²) in [6.45, 7) is 3.58. The average molecular weight is 350 g/mol. The molecule has 3 fully saturated rings. The Morgan fingerprint density at radius 3 is 2.50 bits per heavy atom. The molecule has 1 aromatic heterocycles. The van der Waals surface area contributed by atoms with E-state index in [0.29, 0.717) is 6.04 Å². The number of rotatable bonds is 6. The predicted octanol–water partition coefficient (Wildman–Crippen LogP) is 3.57. The van der Waals surface area contributed by atoms with Gasteiger partial charge in [0.05, 0.1) is 0 Å². The zero-order valence-electron chi connectivity index (χ0n) is 15.0. The van der Waals surface area contributed by atoms with E-state index in [2.05, 4.69) is 31.6 Å². The summed E-state index contributed by atoms with van der Waals surface area (Å²) in [5.41, 5.74) is 0. The Morgan fingerprint density at radius 1 is 0.958 bits per heavy atom. The Morgan fingerprint density at radius 2 is 1.75 bits per heavy atom. The molecule has 1 atom stereocenters. The van der Waals surface area contributed by atoms with Crippen LogP contribution in [0.5, 0.6) is 0 Å². The molecule has 0 aromatic carbocycles. The zero-order valence-corrected chi connectivity index (χ0v) is 15.8. The maximum Gasteiger partial charge on any atom is 0.228 e. The van der Waals surface area contributed by atoms with Crippen molar-refractivity contribution in [3.63, 3.8) is 0 Å². The van der Waals surface area contributed by atoms with Gasteiger partial charge in [0.25, 0.3) is 0 Å². The third-order valence-electron chi connectivity index (χ3n) is 5.80. The van der Waals surface area contributed by atoms with Crippen LogP contribution < -0.4 is 4.90 Å². The van der Waals surface area contributed by atoms with Gasteiger partial charge in [-0.05, 0) is 65.0 Å². The molecule has 1 saturated carbocycles. The van der Waals surface area contributed by atoms with Crippen molar-refractivity contribution >= 4 is 17.7 Å². The van der Waals surface area contributed by atoms with Crippen LogP contribution in [-0.2, 0) is 0 Å². The Labute approximate surface area is 150 Å². The summed E-state index contributed by atoms with van der Waals surface area (Å²) in [4.78, 5) is 5.02. The second-order valence-electron chi connectivity index (χ2n) is 7.70. The Balaban J connectivity index is 1.38. The van der Waals surface area contributed by atoms with Crippen molar-refractivity contribution in [2.45, 2.75) is 75.0 Å². The van der Waals surface area contributed by atoms with E-state index < -0.39 is 0 Å². The third kappa shape index (κ3) is 3.74. The second kappa shape index (κ2) is 7.65. The Hall–Kier alpha value is -0.750. The smallest absolute Gasteiger partial charge is 0.228 e. The summed E-state index contributed by atoms with van der Waals surface area (Å²) >= 11 is 1.93. The molecular formula is C18H31N5S. The van der Waals surface area contributed by atoms with Gasteiger partial charge in [0.2, 0.25) is 5.95 Å². The minimum Gasteiger partial charge on any atom is -0.341 e. The minimum atomic E-state index is 0.664. The highest BCUT2D eigenvalue weighted by Gasteiger charge is 2.32. The molecule has 0 spiro atoms. The van der Waals surface area contributed by atoms with Crippen LogP contribution in [0.15, 0.2) is 5.16 Å². The van der Waals surface area contributed by atoms with Crippen molar-refractivity contribution < 1.29 is 0 Å². The monoisotopic (exact) mass is 349 g/mol. The standard InChI is InChI=1S/C18H31N5S/c1-21-11-6-3-7-15(21)10-14-24-18-20-19-17(23(18)16-8-9-16)22-12-4-2-5-13-22/h15-16H,2-14H2,1H3. The van der Waals surface area contributed by atoms with E-state index in [1.54, 1.807) is 0 Å². The van der Waals surface area contributed by atoms with Crippen LogP contribution in [0.2, 0.25) is 0 Å². The number of hydrogen-bond donors (Lipinski definition) is 0. The first kappa shape index (κ1) is 16.7. The predicted molar refractivity (Wildman–Crippen MR) is 100.0 cm³/mol. The van der Waals surface area contributed by atoms with Gasteiger partial charge in [-0.25, -0.2) is 0 Å². The van der Waals surface area contributed by atoms with Crippen molar-refractivity contribution in [3.8, 4) is 0 Å². The fraction of sp³-hybridized carbons (Fsp3) is 0.889. The summed E-state index contributed by atoms with van der Waals surface area (Å²) < 4.78 is 2.46. The summed E-state index contributed by atoms with van der Waals surface area (Å²) in [5.74, 6) is 2.31. The SMILES string of the molecule is CN1CCCCC1CCSc1nnc(N2CCCCC2)n1C1CC1. The molecule has 5 nitrogen and oxygen atoms in total. The third-order valence-corrected chi connectivity index (χ3v) is 6.78.